The molecule has 1 aliphatic rings. The summed E-state index contributed by atoms with van der Waals surface area (Å²) in [5.74, 6) is 3.60. The normalized spacial score (nSPS) is 25.0. The van der Waals surface area contributed by atoms with E-state index in [-0.39, 0.29) is 6.42 Å². The minimum absolute atomic E-state index is 0.143. The molecule has 3 unspecified atom stereocenters. The van der Waals surface area contributed by atoms with Gasteiger partial charge in [-0.1, -0.05) is 24.4 Å². The maximum Gasteiger partial charge on any atom is 0.392 e. The lowest BCUT2D eigenvalue weighted by Gasteiger charge is -2.38. The summed E-state index contributed by atoms with van der Waals surface area (Å²) in [5, 5.41) is 4.45. The molecule has 3 N–H and O–H groups in total. The molecule has 1 fully saturated rings. The standard InChI is InChI=1S/C13H20ClF3N4/c1-2-21-12(10(14)7-19-21)11(20-18)8-5-3-4-6-9(8)13(15,16)17/h7-9,11,20H,2-6,18H2,1H3. The van der Waals surface area contributed by atoms with E-state index >= 15 is 0 Å². The van der Waals surface area contributed by atoms with Gasteiger partial charge in [-0.3, -0.25) is 16.0 Å². The van der Waals surface area contributed by atoms with Crippen molar-refractivity contribution in [2.75, 3.05) is 0 Å². The van der Waals surface area contributed by atoms with Gasteiger partial charge in [0.1, 0.15) is 0 Å². The van der Waals surface area contributed by atoms with E-state index < -0.39 is 24.1 Å². The van der Waals surface area contributed by atoms with Gasteiger partial charge in [0, 0.05) is 6.54 Å². The Balaban J connectivity index is 2.36. The smallest absolute Gasteiger partial charge is 0.271 e. The minimum atomic E-state index is -4.22. The van der Waals surface area contributed by atoms with E-state index in [0.717, 1.165) is 6.42 Å². The van der Waals surface area contributed by atoms with E-state index in [2.05, 4.69) is 10.5 Å². The summed E-state index contributed by atoms with van der Waals surface area (Å²) in [6.07, 6.45) is -0.777. The SMILES string of the molecule is CCn1ncc(Cl)c1C(NN)C1CCCCC1C(F)(F)F. The molecular weight excluding hydrogens is 305 g/mol. The molecule has 0 saturated heterocycles. The Kier molecular flexibility index (Phi) is 5.16. The molecule has 1 aliphatic carbocycles. The third kappa shape index (κ3) is 3.35. The van der Waals surface area contributed by atoms with Gasteiger partial charge in [0.2, 0.25) is 0 Å². The molecule has 2 rings (SSSR count). The predicted octanol–water partition coefficient (Wildman–Crippen LogP) is 3.43. The summed E-state index contributed by atoms with van der Waals surface area (Å²) in [6, 6.07) is -0.646. The van der Waals surface area contributed by atoms with Crippen LogP contribution in [0.1, 0.15) is 44.3 Å². The highest BCUT2D eigenvalue weighted by Gasteiger charge is 2.48. The molecule has 0 spiro atoms. The average molecular weight is 325 g/mol. The van der Waals surface area contributed by atoms with Crippen molar-refractivity contribution in [3.63, 3.8) is 0 Å². The van der Waals surface area contributed by atoms with Gasteiger partial charge in [-0.05, 0) is 25.7 Å². The summed E-state index contributed by atoms with van der Waals surface area (Å²) in [4.78, 5) is 0. The van der Waals surface area contributed by atoms with Crippen LogP contribution in [0.15, 0.2) is 6.20 Å². The zero-order chi connectivity index (χ0) is 15.6. The molecule has 1 aromatic heterocycles. The van der Waals surface area contributed by atoms with Crippen molar-refractivity contribution in [2.45, 2.75) is 51.4 Å². The van der Waals surface area contributed by atoms with Gasteiger partial charge in [0.05, 0.1) is 28.9 Å². The fourth-order valence-corrected chi connectivity index (χ4v) is 3.56. The summed E-state index contributed by atoms with van der Waals surface area (Å²) < 4.78 is 41.5. The van der Waals surface area contributed by atoms with Crippen molar-refractivity contribution in [3.05, 3.63) is 16.9 Å². The largest absolute Gasteiger partial charge is 0.392 e. The first-order valence-electron chi connectivity index (χ1n) is 7.14. The van der Waals surface area contributed by atoms with Crippen LogP contribution in [-0.4, -0.2) is 16.0 Å². The van der Waals surface area contributed by atoms with Crippen LogP contribution in [0.2, 0.25) is 5.02 Å². The van der Waals surface area contributed by atoms with Crippen LogP contribution in [-0.2, 0) is 6.54 Å². The second kappa shape index (κ2) is 6.54. The average Bonchev–Trinajstić information content (AvgIpc) is 2.81. The maximum atomic E-state index is 13.3. The molecule has 8 heteroatoms. The highest BCUT2D eigenvalue weighted by molar-refractivity contribution is 6.31. The number of hydrogen-bond acceptors (Lipinski definition) is 3. The first-order valence-corrected chi connectivity index (χ1v) is 7.52. The Morgan fingerprint density at radius 2 is 2.14 bits per heavy atom. The van der Waals surface area contributed by atoms with Crippen LogP contribution >= 0.6 is 11.6 Å². The van der Waals surface area contributed by atoms with Crippen molar-refractivity contribution < 1.29 is 13.2 Å². The van der Waals surface area contributed by atoms with Gasteiger partial charge in [-0.2, -0.15) is 18.3 Å². The van der Waals surface area contributed by atoms with E-state index in [0.29, 0.717) is 30.1 Å². The second-order valence-corrected chi connectivity index (χ2v) is 5.84. The van der Waals surface area contributed by atoms with Gasteiger partial charge in [-0.15, -0.1) is 0 Å². The minimum Gasteiger partial charge on any atom is -0.271 e. The predicted molar refractivity (Wildman–Crippen MR) is 74.5 cm³/mol. The van der Waals surface area contributed by atoms with Gasteiger partial charge in [0.25, 0.3) is 0 Å². The van der Waals surface area contributed by atoms with E-state index in [1.54, 1.807) is 4.68 Å². The summed E-state index contributed by atoms with van der Waals surface area (Å²) in [6.45, 7) is 2.39. The lowest BCUT2D eigenvalue weighted by molar-refractivity contribution is -0.199. The zero-order valence-corrected chi connectivity index (χ0v) is 12.6. The Bertz CT molecular complexity index is 474. The summed E-state index contributed by atoms with van der Waals surface area (Å²) >= 11 is 6.12. The molecule has 3 atom stereocenters. The van der Waals surface area contributed by atoms with Crippen molar-refractivity contribution in [1.29, 1.82) is 0 Å². The Morgan fingerprint density at radius 3 is 2.71 bits per heavy atom. The molecule has 0 aliphatic heterocycles. The molecule has 21 heavy (non-hydrogen) atoms. The Hall–Kier alpha value is -0.790. The zero-order valence-electron chi connectivity index (χ0n) is 11.8. The number of hydrogen-bond donors (Lipinski definition) is 2. The number of halogens is 4. The lowest BCUT2D eigenvalue weighted by Crippen LogP contribution is -2.43. The van der Waals surface area contributed by atoms with E-state index in [1.165, 1.54) is 6.20 Å². The van der Waals surface area contributed by atoms with E-state index in [9.17, 15) is 13.2 Å². The fourth-order valence-electron chi connectivity index (χ4n) is 3.30. The molecule has 0 aromatic carbocycles. The molecular formula is C13H20ClF3N4. The Labute approximate surface area is 126 Å². The Morgan fingerprint density at radius 1 is 1.48 bits per heavy atom. The molecule has 1 heterocycles. The van der Waals surface area contributed by atoms with Gasteiger partial charge in [-0.25, -0.2) is 0 Å². The van der Waals surface area contributed by atoms with Crippen LogP contribution in [0.25, 0.3) is 0 Å². The van der Waals surface area contributed by atoms with Crippen LogP contribution in [0.4, 0.5) is 13.2 Å². The second-order valence-electron chi connectivity index (χ2n) is 5.43. The number of hydrazine groups is 1. The number of alkyl halides is 3. The topological polar surface area (TPSA) is 55.9 Å². The number of rotatable bonds is 4. The van der Waals surface area contributed by atoms with Crippen molar-refractivity contribution >= 4 is 11.6 Å². The van der Waals surface area contributed by atoms with Crippen molar-refractivity contribution in [3.8, 4) is 0 Å². The third-order valence-corrected chi connectivity index (χ3v) is 4.57. The quantitative estimate of drug-likeness (QED) is 0.659. The first kappa shape index (κ1) is 16.6. The molecule has 0 bridgehead atoms. The number of nitrogens with zero attached hydrogens (tertiary/aromatic N) is 2. The van der Waals surface area contributed by atoms with Crippen LogP contribution in [0, 0.1) is 11.8 Å². The monoisotopic (exact) mass is 324 g/mol. The van der Waals surface area contributed by atoms with Crippen molar-refractivity contribution in [1.82, 2.24) is 15.2 Å². The highest BCUT2D eigenvalue weighted by Crippen LogP contribution is 2.47. The fraction of sp³-hybridized carbons (Fsp3) is 0.769. The summed E-state index contributed by atoms with van der Waals surface area (Å²) in [5.41, 5.74) is 3.09. The number of nitrogens with two attached hydrogens (primary N) is 1. The molecule has 4 nitrogen and oxygen atoms in total. The van der Waals surface area contributed by atoms with Crippen molar-refractivity contribution in [2.24, 2.45) is 17.7 Å². The molecule has 0 amide bonds. The van der Waals surface area contributed by atoms with Gasteiger partial charge < -0.3 is 0 Å². The molecule has 120 valence electrons. The number of aryl methyl sites for hydroxylation is 1. The number of aromatic nitrogens is 2. The lowest BCUT2D eigenvalue weighted by atomic mass is 9.74. The first-order chi connectivity index (χ1) is 9.90. The third-order valence-electron chi connectivity index (χ3n) is 4.27. The number of nitrogens with one attached hydrogen (secondary N) is 1. The maximum absolute atomic E-state index is 13.3. The van der Waals surface area contributed by atoms with Crippen LogP contribution < -0.4 is 11.3 Å². The van der Waals surface area contributed by atoms with E-state index in [4.69, 9.17) is 17.4 Å². The van der Waals surface area contributed by atoms with Gasteiger partial charge >= 0.3 is 6.18 Å². The molecule has 1 saturated carbocycles. The molecule has 1 aromatic rings. The van der Waals surface area contributed by atoms with E-state index in [1.807, 2.05) is 6.92 Å². The van der Waals surface area contributed by atoms with Crippen LogP contribution in [0.3, 0.4) is 0 Å². The van der Waals surface area contributed by atoms with Crippen LogP contribution in [0.5, 0.6) is 0 Å². The summed E-state index contributed by atoms with van der Waals surface area (Å²) in [7, 11) is 0. The highest BCUT2D eigenvalue weighted by atomic mass is 35.5. The molecule has 0 radical (unpaired) electrons. The van der Waals surface area contributed by atoms with Gasteiger partial charge in [0.15, 0.2) is 0 Å².